The Morgan fingerprint density at radius 1 is 0.742 bits per heavy atom. The smallest absolute Gasteiger partial charge is 0.272 e. The van der Waals surface area contributed by atoms with Gasteiger partial charge in [0.15, 0.2) is 0 Å². The Labute approximate surface area is 178 Å². The first-order chi connectivity index (χ1) is 15.0. The molecule has 6 heteroatoms. The fraction of sp³-hybridized carbons (Fsp3) is 0.160. The second kappa shape index (κ2) is 7.40. The third-order valence-electron chi connectivity index (χ3n) is 5.60. The van der Waals surface area contributed by atoms with E-state index in [2.05, 4.69) is 5.10 Å². The monoisotopic (exact) mass is 410 g/mol. The van der Waals surface area contributed by atoms with Crippen molar-refractivity contribution < 1.29 is 0 Å². The van der Waals surface area contributed by atoms with Gasteiger partial charge in [-0.25, -0.2) is 13.9 Å². The van der Waals surface area contributed by atoms with Gasteiger partial charge < -0.3 is 0 Å². The van der Waals surface area contributed by atoms with Crippen LogP contribution in [0.25, 0.3) is 16.7 Å². The third-order valence-corrected chi connectivity index (χ3v) is 5.60. The van der Waals surface area contributed by atoms with Gasteiger partial charge in [0.25, 0.3) is 5.56 Å². The highest BCUT2D eigenvalue weighted by Crippen LogP contribution is 2.13. The molecule has 31 heavy (non-hydrogen) atoms. The Hall–Kier alpha value is -3.93. The number of aryl methyl sites for hydroxylation is 2. The number of hydrogen-bond donors (Lipinski definition) is 0. The maximum absolute atomic E-state index is 13.3. The van der Waals surface area contributed by atoms with Gasteiger partial charge in [-0.2, -0.15) is 0 Å². The minimum atomic E-state index is -0.260. The van der Waals surface area contributed by atoms with Gasteiger partial charge in [-0.15, -0.1) is 5.10 Å². The van der Waals surface area contributed by atoms with Crippen molar-refractivity contribution in [3.05, 3.63) is 116 Å². The lowest BCUT2D eigenvalue weighted by atomic mass is 10.1. The highest BCUT2D eigenvalue weighted by atomic mass is 16.2. The van der Waals surface area contributed by atoms with Gasteiger partial charge in [0.05, 0.1) is 24.0 Å². The standard InChI is InChI=1S/C25H22N4O2/c1-17-7-11-19(12-8-17)15-27-23(30)21-5-3-4-6-22(21)29-24(27)26-28(25(29)31)16-20-13-9-18(2)10-14-20/h3-14H,15-16H2,1-2H3. The summed E-state index contributed by atoms with van der Waals surface area (Å²) < 4.78 is 4.55. The molecule has 5 rings (SSSR count). The Morgan fingerprint density at radius 3 is 1.97 bits per heavy atom. The molecular formula is C25H22N4O2. The molecule has 0 atom stereocenters. The fourth-order valence-electron chi connectivity index (χ4n) is 3.86. The van der Waals surface area contributed by atoms with Gasteiger partial charge in [-0.05, 0) is 37.1 Å². The lowest BCUT2D eigenvalue weighted by Crippen LogP contribution is -2.27. The molecule has 3 aromatic carbocycles. The summed E-state index contributed by atoms with van der Waals surface area (Å²) in [6, 6.07) is 23.2. The van der Waals surface area contributed by atoms with E-state index in [-0.39, 0.29) is 11.2 Å². The first-order valence-corrected chi connectivity index (χ1v) is 10.2. The molecule has 0 fully saturated rings. The van der Waals surface area contributed by atoms with E-state index in [1.807, 2.05) is 74.5 Å². The average Bonchev–Trinajstić information content (AvgIpc) is 3.10. The predicted octanol–water partition coefficient (Wildman–Crippen LogP) is 3.52. The highest BCUT2D eigenvalue weighted by Gasteiger charge is 2.17. The summed E-state index contributed by atoms with van der Waals surface area (Å²) >= 11 is 0. The van der Waals surface area contributed by atoms with Gasteiger partial charge in [0, 0.05) is 0 Å². The van der Waals surface area contributed by atoms with Gasteiger partial charge in [0.2, 0.25) is 5.78 Å². The molecular weight excluding hydrogens is 388 g/mol. The van der Waals surface area contributed by atoms with Crippen LogP contribution in [0.4, 0.5) is 0 Å². The summed E-state index contributed by atoms with van der Waals surface area (Å²) in [6.45, 7) is 4.73. The maximum Gasteiger partial charge on any atom is 0.352 e. The Balaban J connectivity index is 1.73. The molecule has 0 aliphatic rings. The number of benzene rings is 3. The van der Waals surface area contributed by atoms with E-state index in [4.69, 9.17) is 0 Å². The summed E-state index contributed by atoms with van der Waals surface area (Å²) in [4.78, 5) is 26.7. The minimum absolute atomic E-state index is 0.156. The van der Waals surface area contributed by atoms with Crippen molar-refractivity contribution in [3.63, 3.8) is 0 Å². The lowest BCUT2D eigenvalue weighted by Gasteiger charge is -2.10. The average molecular weight is 410 g/mol. The van der Waals surface area contributed by atoms with E-state index in [0.717, 1.165) is 22.3 Å². The van der Waals surface area contributed by atoms with E-state index in [1.54, 1.807) is 21.1 Å². The van der Waals surface area contributed by atoms with E-state index in [9.17, 15) is 9.59 Å². The molecule has 0 amide bonds. The molecule has 0 radical (unpaired) electrons. The second-order valence-corrected chi connectivity index (χ2v) is 7.96. The second-order valence-electron chi connectivity index (χ2n) is 7.96. The van der Waals surface area contributed by atoms with Crippen LogP contribution in [0.1, 0.15) is 22.3 Å². The largest absolute Gasteiger partial charge is 0.352 e. The predicted molar refractivity (Wildman–Crippen MR) is 122 cm³/mol. The van der Waals surface area contributed by atoms with Gasteiger partial charge in [-0.3, -0.25) is 9.36 Å². The van der Waals surface area contributed by atoms with E-state index >= 15 is 0 Å². The molecule has 0 saturated carbocycles. The first-order valence-electron chi connectivity index (χ1n) is 10.2. The van der Waals surface area contributed by atoms with Gasteiger partial charge in [-0.1, -0.05) is 71.8 Å². The Morgan fingerprint density at radius 2 is 1.32 bits per heavy atom. The number of para-hydroxylation sites is 1. The highest BCUT2D eigenvalue weighted by molar-refractivity contribution is 5.80. The Kier molecular flexibility index (Phi) is 4.55. The third kappa shape index (κ3) is 3.36. The fourth-order valence-corrected chi connectivity index (χ4v) is 3.86. The van der Waals surface area contributed by atoms with Crippen molar-refractivity contribution in [2.45, 2.75) is 26.9 Å². The molecule has 154 valence electrons. The molecule has 2 aromatic heterocycles. The lowest BCUT2D eigenvalue weighted by molar-refractivity contribution is 0.654. The molecule has 0 saturated heterocycles. The van der Waals surface area contributed by atoms with Crippen molar-refractivity contribution in [1.82, 2.24) is 18.7 Å². The van der Waals surface area contributed by atoms with Gasteiger partial charge >= 0.3 is 5.69 Å². The zero-order valence-corrected chi connectivity index (χ0v) is 17.4. The maximum atomic E-state index is 13.3. The number of hydrogen-bond acceptors (Lipinski definition) is 3. The Bertz CT molecular complexity index is 1520. The van der Waals surface area contributed by atoms with E-state index in [0.29, 0.717) is 29.8 Å². The molecule has 0 aliphatic carbocycles. The molecule has 0 unspecified atom stereocenters. The molecule has 0 N–H and O–H groups in total. The van der Waals surface area contributed by atoms with Crippen LogP contribution in [0.3, 0.4) is 0 Å². The zero-order valence-electron chi connectivity index (χ0n) is 17.4. The normalized spacial score (nSPS) is 11.4. The summed E-state index contributed by atoms with van der Waals surface area (Å²) in [7, 11) is 0. The van der Waals surface area contributed by atoms with E-state index in [1.165, 1.54) is 4.68 Å². The van der Waals surface area contributed by atoms with Crippen LogP contribution in [-0.4, -0.2) is 18.7 Å². The zero-order chi connectivity index (χ0) is 21.5. The van der Waals surface area contributed by atoms with Crippen LogP contribution in [0.5, 0.6) is 0 Å². The number of fused-ring (bicyclic) bond motifs is 3. The van der Waals surface area contributed by atoms with Gasteiger partial charge in [0.1, 0.15) is 0 Å². The number of rotatable bonds is 4. The molecule has 2 heterocycles. The molecule has 6 nitrogen and oxygen atoms in total. The van der Waals surface area contributed by atoms with Crippen molar-refractivity contribution >= 4 is 16.7 Å². The molecule has 0 spiro atoms. The summed E-state index contributed by atoms with van der Waals surface area (Å²) in [6.07, 6.45) is 0. The summed E-state index contributed by atoms with van der Waals surface area (Å²) in [5, 5.41) is 5.08. The summed E-state index contributed by atoms with van der Waals surface area (Å²) in [5.74, 6) is 0.349. The van der Waals surface area contributed by atoms with Crippen LogP contribution < -0.4 is 11.2 Å². The van der Waals surface area contributed by atoms with Crippen molar-refractivity contribution in [2.24, 2.45) is 0 Å². The molecule has 5 aromatic rings. The number of aromatic nitrogens is 4. The SMILES string of the molecule is Cc1ccc(Cn2nc3n(Cc4ccc(C)cc4)c(=O)c4ccccc4n3c2=O)cc1. The van der Waals surface area contributed by atoms with Crippen LogP contribution >= 0.6 is 0 Å². The topological polar surface area (TPSA) is 61.3 Å². The van der Waals surface area contributed by atoms with Crippen LogP contribution in [0.15, 0.2) is 82.4 Å². The van der Waals surface area contributed by atoms with Crippen LogP contribution in [0.2, 0.25) is 0 Å². The first kappa shape index (κ1) is 19.1. The van der Waals surface area contributed by atoms with E-state index < -0.39 is 0 Å². The van der Waals surface area contributed by atoms with Crippen molar-refractivity contribution in [2.75, 3.05) is 0 Å². The van der Waals surface area contributed by atoms with Crippen LogP contribution in [-0.2, 0) is 13.1 Å². The van der Waals surface area contributed by atoms with Crippen LogP contribution in [0, 0.1) is 13.8 Å². The van der Waals surface area contributed by atoms with Crippen molar-refractivity contribution in [3.8, 4) is 0 Å². The molecule has 0 aliphatic heterocycles. The minimum Gasteiger partial charge on any atom is -0.272 e. The summed E-state index contributed by atoms with van der Waals surface area (Å²) in [5.41, 5.74) is 4.42. The number of nitrogens with zero attached hydrogens (tertiary/aromatic N) is 4. The van der Waals surface area contributed by atoms with Crippen molar-refractivity contribution in [1.29, 1.82) is 0 Å². The quantitative estimate of drug-likeness (QED) is 0.455. The molecule has 0 bridgehead atoms.